The maximum Gasteiger partial charge on any atom is 0.388 e. The highest BCUT2D eigenvalue weighted by molar-refractivity contribution is 5.91. The number of allylic oxidation sites excluding steroid dienone is 1. The lowest BCUT2D eigenvalue weighted by atomic mass is 9.46. The summed E-state index contributed by atoms with van der Waals surface area (Å²) < 4.78 is 0.542. The Kier molecular flexibility index (Phi) is 7.37. The molecular weight excluding hydrogens is 515 g/mol. The first-order valence-corrected chi connectivity index (χ1v) is 12.2. The Labute approximate surface area is 211 Å². The van der Waals surface area contributed by atoms with Gasteiger partial charge in [-0.2, -0.15) is 0 Å². The molecule has 32 heavy (non-hydrogen) atoms. The van der Waals surface area contributed by atoms with Crippen molar-refractivity contribution in [2.45, 2.75) is 72.1 Å². The van der Waals surface area contributed by atoms with Crippen molar-refractivity contribution in [2.75, 3.05) is 27.7 Å². The first-order chi connectivity index (χ1) is 14.4. The molecule has 0 spiro atoms. The molecule has 180 valence electrons. The van der Waals surface area contributed by atoms with Crippen molar-refractivity contribution in [1.29, 1.82) is 0 Å². The Hall–Kier alpha value is -0.760. The number of ketones is 1. The van der Waals surface area contributed by atoms with Crippen LogP contribution in [-0.4, -0.2) is 49.6 Å². The van der Waals surface area contributed by atoms with Crippen molar-refractivity contribution in [3.05, 3.63) is 11.6 Å². The summed E-state index contributed by atoms with van der Waals surface area (Å²) in [4.78, 5) is 29.5. The van der Waals surface area contributed by atoms with Gasteiger partial charge in [-0.15, -0.1) is 0 Å². The van der Waals surface area contributed by atoms with Gasteiger partial charge in [0.05, 0.1) is 26.9 Å². The molecule has 0 unspecified atom stereocenters. The van der Waals surface area contributed by atoms with Crippen LogP contribution in [0.4, 0.5) is 0 Å². The molecule has 0 aromatic heterocycles. The second-order valence-corrected chi connectivity index (χ2v) is 12.3. The molecule has 5 nitrogen and oxygen atoms in total. The summed E-state index contributed by atoms with van der Waals surface area (Å²) in [5.41, 5.74) is 2.89. The van der Waals surface area contributed by atoms with E-state index in [1.807, 2.05) is 27.2 Å². The summed E-state index contributed by atoms with van der Waals surface area (Å²) in [5, 5.41) is 4.33. The molecule has 0 radical (unpaired) electrons. The SMILES string of the molecule is C/C(=N\OC(=O)C[N+](C)(C)C)[C@H]1CC[C@H]2[C@@H]3CCC4=CC(=O)CC[C@]4(C)[C@H]3CC[C@]12C.[I-]. The molecule has 3 fully saturated rings. The van der Waals surface area contributed by atoms with Gasteiger partial charge in [0.1, 0.15) is 0 Å². The molecule has 4 aliphatic carbocycles. The third-order valence-corrected chi connectivity index (χ3v) is 9.36. The first kappa shape index (κ1) is 25.9. The van der Waals surface area contributed by atoms with E-state index < -0.39 is 0 Å². The van der Waals surface area contributed by atoms with Gasteiger partial charge in [0.2, 0.25) is 0 Å². The number of oxime groups is 1. The number of fused-ring (bicyclic) bond motifs is 5. The van der Waals surface area contributed by atoms with Crippen LogP contribution in [0.3, 0.4) is 0 Å². The number of halogens is 1. The Morgan fingerprint density at radius 2 is 1.81 bits per heavy atom. The van der Waals surface area contributed by atoms with E-state index in [4.69, 9.17) is 4.84 Å². The highest BCUT2D eigenvalue weighted by Gasteiger charge is 2.59. The van der Waals surface area contributed by atoms with Crippen LogP contribution in [0.5, 0.6) is 0 Å². The third-order valence-electron chi connectivity index (χ3n) is 9.36. The van der Waals surface area contributed by atoms with Crippen LogP contribution in [0.1, 0.15) is 72.1 Å². The highest BCUT2D eigenvalue weighted by atomic mass is 127. The fourth-order valence-corrected chi connectivity index (χ4v) is 7.85. The van der Waals surface area contributed by atoms with Crippen molar-refractivity contribution in [2.24, 2.45) is 39.7 Å². The van der Waals surface area contributed by atoms with Gasteiger partial charge in [-0.1, -0.05) is 24.6 Å². The summed E-state index contributed by atoms with van der Waals surface area (Å²) in [6.07, 6.45) is 10.9. The number of hydrogen-bond donors (Lipinski definition) is 0. The average Bonchev–Trinajstić information content (AvgIpc) is 3.02. The molecule has 0 N–H and O–H groups in total. The molecular formula is C26H41IN2O3. The molecule has 6 atom stereocenters. The van der Waals surface area contributed by atoms with Crippen LogP contribution >= 0.6 is 0 Å². The zero-order chi connectivity index (χ0) is 22.6. The fourth-order valence-electron chi connectivity index (χ4n) is 7.85. The number of carbonyl (C=O) groups is 2. The standard InChI is InChI=1S/C26H41N2O3.HI/c1-17(27-31-24(30)16-28(4,5)6)21-9-10-22-20-8-7-18-15-19(29)11-13-25(18,2)23(20)12-14-26(21,22)3;/h15,20-23H,7-14,16H2,1-6H3;1H/q+1;/p-1/b27-17+;/t20-,21+,22-,23-,25-,26+;/m0./s1. The topological polar surface area (TPSA) is 55.7 Å². The minimum Gasteiger partial charge on any atom is -1.00 e. The molecule has 4 aliphatic rings. The zero-order valence-corrected chi connectivity index (χ0v) is 22.9. The van der Waals surface area contributed by atoms with Crippen molar-refractivity contribution in [3.8, 4) is 0 Å². The number of hydrogen-bond acceptors (Lipinski definition) is 4. The second kappa shape index (κ2) is 9.12. The highest BCUT2D eigenvalue weighted by Crippen LogP contribution is 2.66. The maximum absolute atomic E-state index is 12.1. The van der Waals surface area contributed by atoms with Crippen LogP contribution < -0.4 is 24.0 Å². The molecule has 0 bridgehead atoms. The van der Waals surface area contributed by atoms with Crippen molar-refractivity contribution in [1.82, 2.24) is 0 Å². The lowest BCUT2D eigenvalue weighted by Gasteiger charge is -2.58. The van der Waals surface area contributed by atoms with E-state index in [0.717, 1.165) is 37.3 Å². The minimum absolute atomic E-state index is 0. The van der Waals surface area contributed by atoms with E-state index in [2.05, 4.69) is 25.9 Å². The molecule has 0 aliphatic heterocycles. The summed E-state index contributed by atoms with van der Waals surface area (Å²) in [7, 11) is 5.94. The van der Waals surface area contributed by atoms with Crippen LogP contribution in [0, 0.1) is 34.5 Å². The summed E-state index contributed by atoms with van der Waals surface area (Å²) in [6.45, 7) is 7.29. The number of likely N-dealkylation sites (N-methyl/N-ethyl adjacent to an activating group) is 1. The lowest BCUT2D eigenvalue weighted by molar-refractivity contribution is -0.862. The summed E-state index contributed by atoms with van der Waals surface area (Å²) in [6, 6.07) is 0. The molecule has 0 heterocycles. The Morgan fingerprint density at radius 3 is 2.50 bits per heavy atom. The second-order valence-electron chi connectivity index (χ2n) is 12.3. The quantitative estimate of drug-likeness (QED) is 0.175. The predicted octanol–water partition coefficient (Wildman–Crippen LogP) is 1.76. The molecule has 6 heteroatoms. The third kappa shape index (κ3) is 4.59. The lowest BCUT2D eigenvalue weighted by Crippen LogP contribution is -3.00. The van der Waals surface area contributed by atoms with Gasteiger partial charge < -0.3 is 33.3 Å². The van der Waals surface area contributed by atoms with Crippen LogP contribution in [0.2, 0.25) is 0 Å². The maximum atomic E-state index is 12.1. The van der Waals surface area contributed by atoms with Gasteiger partial charge >= 0.3 is 5.97 Å². The van der Waals surface area contributed by atoms with Crippen LogP contribution in [0.25, 0.3) is 0 Å². The Morgan fingerprint density at radius 1 is 1.09 bits per heavy atom. The van der Waals surface area contributed by atoms with Crippen molar-refractivity contribution in [3.63, 3.8) is 0 Å². The Balaban J connectivity index is 0.00000289. The van der Waals surface area contributed by atoms with Gasteiger partial charge in [0.25, 0.3) is 0 Å². The number of nitrogens with zero attached hydrogens (tertiary/aromatic N) is 2. The molecule has 0 aromatic rings. The molecule has 0 aromatic carbocycles. The molecule has 3 saturated carbocycles. The van der Waals surface area contributed by atoms with E-state index in [-0.39, 0.29) is 40.8 Å². The van der Waals surface area contributed by atoms with Gasteiger partial charge in [-0.3, -0.25) is 4.79 Å². The molecule has 0 amide bonds. The molecule has 0 saturated heterocycles. The van der Waals surface area contributed by atoms with E-state index >= 15 is 0 Å². The van der Waals surface area contributed by atoms with Gasteiger partial charge in [-0.25, -0.2) is 4.79 Å². The molecule has 4 rings (SSSR count). The Bertz CT molecular complexity index is 829. The van der Waals surface area contributed by atoms with E-state index in [1.54, 1.807) is 0 Å². The van der Waals surface area contributed by atoms with E-state index in [1.165, 1.54) is 31.3 Å². The van der Waals surface area contributed by atoms with Crippen molar-refractivity contribution < 1.29 is 42.9 Å². The van der Waals surface area contributed by atoms with E-state index in [0.29, 0.717) is 34.6 Å². The smallest absolute Gasteiger partial charge is 0.388 e. The van der Waals surface area contributed by atoms with Crippen molar-refractivity contribution >= 4 is 17.5 Å². The van der Waals surface area contributed by atoms with E-state index in [9.17, 15) is 9.59 Å². The van der Waals surface area contributed by atoms with Crippen LogP contribution in [-0.2, 0) is 14.4 Å². The first-order valence-electron chi connectivity index (χ1n) is 12.2. The number of rotatable bonds is 4. The van der Waals surface area contributed by atoms with Gasteiger partial charge in [0.15, 0.2) is 12.3 Å². The average molecular weight is 557 g/mol. The summed E-state index contributed by atoms with van der Waals surface area (Å²) in [5.74, 6) is 2.62. The largest absolute Gasteiger partial charge is 1.00 e. The zero-order valence-electron chi connectivity index (χ0n) is 20.7. The normalized spacial score (nSPS) is 39.2. The van der Waals surface area contributed by atoms with Gasteiger partial charge in [0, 0.05) is 12.3 Å². The predicted molar refractivity (Wildman–Crippen MR) is 122 cm³/mol. The van der Waals surface area contributed by atoms with Crippen LogP contribution in [0.15, 0.2) is 16.8 Å². The number of quaternary nitrogens is 1. The fraction of sp³-hybridized carbons (Fsp3) is 0.808. The van der Waals surface area contributed by atoms with Gasteiger partial charge in [-0.05, 0) is 86.5 Å². The number of carbonyl (C=O) groups excluding carboxylic acids is 2. The minimum atomic E-state index is -0.262. The summed E-state index contributed by atoms with van der Waals surface area (Å²) >= 11 is 0. The monoisotopic (exact) mass is 556 g/mol.